The third kappa shape index (κ3) is 3.54. The van der Waals surface area contributed by atoms with Crippen LogP contribution in [0.15, 0.2) is 12.4 Å². The molecule has 0 unspecified atom stereocenters. The number of halogens is 1. The molecule has 0 atom stereocenters. The fourth-order valence-corrected chi connectivity index (χ4v) is 2.18. The molecular weight excluding hydrogens is 256 g/mol. The highest BCUT2D eigenvalue weighted by molar-refractivity contribution is 6.29. The minimum Gasteiger partial charge on any atom is -0.480 e. The molecule has 0 bridgehead atoms. The molecule has 1 aromatic rings. The zero-order valence-electron chi connectivity index (χ0n) is 9.92. The largest absolute Gasteiger partial charge is 0.480 e. The van der Waals surface area contributed by atoms with E-state index in [1.165, 1.54) is 6.20 Å². The third-order valence-electron chi connectivity index (χ3n) is 2.86. The number of nitrogens with zero attached hydrogens (tertiary/aromatic N) is 4. The number of rotatable bonds is 3. The average Bonchev–Trinajstić information content (AvgIpc) is 2.54. The van der Waals surface area contributed by atoms with Crippen molar-refractivity contribution in [2.75, 3.05) is 37.6 Å². The lowest BCUT2D eigenvalue weighted by atomic mass is 10.4. The van der Waals surface area contributed by atoms with Gasteiger partial charge in [0.15, 0.2) is 0 Å². The zero-order valence-corrected chi connectivity index (χ0v) is 10.7. The van der Waals surface area contributed by atoms with Crippen LogP contribution in [0.4, 0.5) is 5.82 Å². The number of carbonyl (C=O) groups is 1. The Hall–Kier alpha value is -1.40. The SMILES string of the molecule is O=C(O)CN1CCCN(c2cncc(Cl)n2)CC1. The highest BCUT2D eigenvalue weighted by Crippen LogP contribution is 2.14. The molecule has 0 aliphatic carbocycles. The summed E-state index contributed by atoms with van der Waals surface area (Å²) in [7, 11) is 0. The highest BCUT2D eigenvalue weighted by Gasteiger charge is 2.17. The smallest absolute Gasteiger partial charge is 0.317 e. The molecule has 1 N–H and O–H groups in total. The van der Waals surface area contributed by atoms with Gasteiger partial charge in [-0.15, -0.1) is 0 Å². The fourth-order valence-electron chi connectivity index (χ4n) is 2.03. The lowest BCUT2D eigenvalue weighted by Crippen LogP contribution is -2.34. The van der Waals surface area contributed by atoms with Crippen LogP contribution in [0.2, 0.25) is 5.15 Å². The molecule has 1 aliphatic heterocycles. The molecule has 1 aliphatic rings. The summed E-state index contributed by atoms with van der Waals surface area (Å²) < 4.78 is 0. The van der Waals surface area contributed by atoms with Crippen LogP contribution in [0.1, 0.15) is 6.42 Å². The second kappa shape index (κ2) is 5.97. The van der Waals surface area contributed by atoms with Gasteiger partial charge in [0.1, 0.15) is 11.0 Å². The second-order valence-electron chi connectivity index (χ2n) is 4.21. The van der Waals surface area contributed by atoms with Crippen molar-refractivity contribution in [2.24, 2.45) is 0 Å². The molecule has 98 valence electrons. The molecule has 0 radical (unpaired) electrons. The van der Waals surface area contributed by atoms with E-state index in [4.69, 9.17) is 16.7 Å². The van der Waals surface area contributed by atoms with Gasteiger partial charge in [0.2, 0.25) is 0 Å². The predicted octanol–water partition coefficient (Wildman–Crippen LogP) is 0.727. The first-order chi connectivity index (χ1) is 8.65. The molecule has 0 amide bonds. The van der Waals surface area contributed by atoms with Gasteiger partial charge in [-0.1, -0.05) is 11.6 Å². The van der Waals surface area contributed by atoms with E-state index in [2.05, 4.69) is 14.9 Å². The Morgan fingerprint density at radius 3 is 2.89 bits per heavy atom. The number of aliphatic carboxylic acids is 1. The fraction of sp³-hybridized carbons (Fsp3) is 0.545. The highest BCUT2D eigenvalue weighted by atomic mass is 35.5. The summed E-state index contributed by atoms with van der Waals surface area (Å²) in [6.45, 7) is 3.17. The van der Waals surface area contributed by atoms with Gasteiger partial charge in [0.25, 0.3) is 0 Å². The van der Waals surface area contributed by atoms with E-state index >= 15 is 0 Å². The maximum Gasteiger partial charge on any atom is 0.317 e. The molecule has 1 aromatic heterocycles. The van der Waals surface area contributed by atoms with E-state index in [1.807, 2.05) is 4.90 Å². The van der Waals surface area contributed by atoms with Gasteiger partial charge < -0.3 is 10.0 Å². The maximum absolute atomic E-state index is 10.7. The minimum absolute atomic E-state index is 0.0923. The van der Waals surface area contributed by atoms with E-state index in [-0.39, 0.29) is 6.54 Å². The summed E-state index contributed by atoms with van der Waals surface area (Å²) in [4.78, 5) is 22.9. The Bertz CT molecular complexity index is 429. The summed E-state index contributed by atoms with van der Waals surface area (Å²) in [5, 5.41) is 9.16. The Balaban J connectivity index is 1.98. The van der Waals surface area contributed by atoms with Crippen LogP contribution in [0, 0.1) is 0 Å². The number of anilines is 1. The molecule has 18 heavy (non-hydrogen) atoms. The minimum atomic E-state index is -0.786. The van der Waals surface area contributed by atoms with Crippen LogP contribution in [-0.4, -0.2) is 58.7 Å². The van der Waals surface area contributed by atoms with Crippen LogP contribution in [0.25, 0.3) is 0 Å². The van der Waals surface area contributed by atoms with Gasteiger partial charge in [-0.3, -0.25) is 14.7 Å². The van der Waals surface area contributed by atoms with Crippen molar-refractivity contribution >= 4 is 23.4 Å². The summed E-state index contributed by atoms with van der Waals surface area (Å²) >= 11 is 5.81. The van der Waals surface area contributed by atoms with E-state index in [1.54, 1.807) is 6.20 Å². The van der Waals surface area contributed by atoms with Crippen molar-refractivity contribution in [2.45, 2.75) is 6.42 Å². The standard InChI is InChI=1S/C11H15ClN4O2/c12-9-6-13-7-10(14-9)16-3-1-2-15(4-5-16)8-11(17)18/h6-7H,1-5,8H2,(H,17,18). The summed E-state index contributed by atoms with van der Waals surface area (Å²) in [6, 6.07) is 0. The Kier molecular flexibility index (Phi) is 4.33. The molecule has 1 fully saturated rings. The first kappa shape index (κ1) is 13.0. The van der Waals surface area contributed by atoms with Crippen LogP contribution in [0.3, 0.4) is 0 Å². The number of carboxylic acid groups (broad SMARTS) is 1. The van der Waals surface area contributed by atoms with Crippen molar-refractivity contribution in [1.29, 1.82) is 0 Å². The van der Waals surface area contributed by atoms with Crippen molar-refractivity contribution < 1.29 is 9.90 Å². The van der Waals surface area contributed by atoms with Crippen molar-refractivity contribution in [3.63, 3.8) is 0 Å². The van der Waals surface area contributed by atoms with E-state index in [0.717, 1.165) is 31.9 Å². The summed E-state index contributed by atoms with van der Waals surface area (Å²) in [5.74, 6) is -0.0364. The number of hydrogen-bond donors (Lipinski definition) is 1. The lowest BCUT2D eigenvalue weighted by molar-refractivity contribution is -0.138. The molecule has 2 heterocycles. The van der Waals surface area contributed by atoms with E-state index in [9.17, 15) is 4.79 Å². The Morgan fingerprint density at radius 2 is 2.17 bits per heavy atom. The first-order valence-electron chi connectivity index (χ1n) is 5.82. The number of aromatic nitrogens is 2. The molecular formula is C11H15ClN4O2. The predicted molar refractivity (Wildman–Crippen MR) is 67.9 cm³/mol. The molecule has 0 aromatic carbocycles. The average molecular weight is 271 g/mol. The summed E-state index contributed by atoms with van der Waals surface area (Å²) in [5.41, 5.74) is 0. The topological polar surface area (TPSA) is 69.6 Å². The normalized spacial score (nSPS) is 17.5. The van der Waals surface area contributed by atoms with Crippen molar-refractivity contribution in [3.8, 4) is 0 Å². The monoisotopic (exact) mass is 270 g/mol. The Labute approximate surface area is 110 Å². The van der Waals surface area contributed by atoms with Gasteiger partial charge in [-0.05, 0) is 6.42 Å². The second-order valence-corrected chi connectivity index (χ2v) is 4.60. The Morgan fingerprint density at radius 1 is 1.33 bits per heavy atom. The molecule has 7 heteroatoms. The van der Waals surface area contributed by atoms with Crippen LogP contribution in [0.5, 0.6) is 0 Å². The first-order valence-corrected chi connectivity index (χ1v) is 6.19. The van der Waals surface area contributed by atoms with Crippen LogP contribution < -0.4 is 4.90 Å². The van der Waals surface area contributed by atoms with Crippen LogP contribution >= 0.6 is 11.6 Å². The van der Waals surface area contributed by atoms with E-state index in [0.29, 0.717) is 11.7 Å². The van der Waals surface area contributed by atoms with E-state index < -0.39 is 5.97 Å². The van der Waals surface area contributed by atoms with Crippen molar-refractivity contribution in [3.05, 3.63) is 17.5 Å². The van der Waals surface area contributed by atoms with Gasteiger partial charge in [0.05, 0.1) is 18.9 Å². The van der Waals surface area contributed by atoms with Crippen molar-refractivity contribution in [1.82, 2.24) is 14.9 Å². The van der Waals surface area contributed by atoms with Gasteiger partial charge in [0, 0.05) is 26.2 Å². The number of carboxylic acids is 1. The van der Waals surface area contributed by atoms with Crippen LogP contribution in [-0.2, 0) is 4.79 Å². The molecule has 0 spiro atoms. The maximum atomic E-state index is 10.7. The lowest BCUT2D eigenvalue weighted by Gasteiger charge is -2.21. The zero-order chi connectivity index (χ0) is 13.0. The van der Waals surface area contributed by atoms with Gasteiger partial charge >= 0.3 is 5.97 Å². The molecule has 1 saturated heterocycles. The molecule has 6 nitrogen and oxygen atoms in total. The van der Waals surface area contributed by atoms with Gasteiger partial charge in [-0.2, -0.15) is 0 Å². The molecule has 0 saturated carbocycles. The number of hydrogen-bond acceptors (Lipinski definition) is 5. The third-order valence-corrected chi connectivity index (χ3v) is 3.05. The summed E-state index contributed by atoms with van der Waals surface area (Å²) in [6.07, 6.45) is 4.08. The molecule has 2 rings (SSSR count). The van der Waals surface area contributed by atoms with Gasteiger partial charge in [-0.25, -0.2) is 4.98 Å². The quantitative estimate of drug-likeness (QED) is 0.873.